The van der Waals surface area contributed by atoms with Crippen molar-refractivity contribution in [3.05, 3.63) is 80.9 Å². The second-order valence-corrected chi connectivity index (χ2v) is 6.56. The number of hydrogen-bond donors (Lipinski definition) is 1. The van der Waals surface area contributed by atoms with Crippen LogP contribution in [0, 0.1) is 0 Å². The lowest BCUT2D eigenvalue weighted by Gasteiger charge is -2.08. The summed E-state index contributed by atoms with van der Waals surface area (Å²) in [6, 6.07) is 16.1. The van der Waals surface area contributed by atoms with Gasteiger partial charge in [-0.25, -0.2) is 4.79 Å². The molecule has 1 heterocycles. The summed E-state index contributed by atoms with van der Waals surface area (Å²) in [6.07, 6.45) is 0. The van der Waals surface area contributed by atoms with Gasteiger partial charge in [0.15, 0.2) is 0 Å². The highest BCUT2D eigenvalue weighted by Gasteiger charge is 2.16. The third kappa shape index (κ3) is 2.84. The summed E-state index contributed by atoms with van der Waals surface area (Å²) in [6.45, 7) is 0. The number of fused-ring (bicyclic) bond motifs is 2. The van der Waals surface area contributed by atoms with Crippen molar-refractivity contribution in [3.8, 4) is 11.5 Å². The average molecular weight is 411 g/mol. The second-order valence-electron chi connectivity index (χ2n) is 5.64. The number of carbonyl (C=O) groups is 1. The van der Waals surface area contributed by atoms with Crippen LogP contribution in [0.5, 0.6) is 11.5 Å². The summed E-state index contributed by atoms with van der Waals surface area (Å²) in [7, 11) is 0. The number of aromatic hydroxyl groups is 1. The summed E-state index contributed by atoms with van der Waals surface area (Å²) >= 11 is 3.29. The Hall–Kier alpha value is -3.12. The van der Waals surface area contributed by atoms with E-state index in [9.17, 15) is 14.7 Å². The molecule has 0 fully saturated rings. The van der Waals surface area contributed by atoms with E-state index in [2.05, 4.69) is 15.9 Å². The van der Waals surface area contributed by atoms with Crippen molar-refractivity contribution in [1.29, 1.82) is 0 Å². The van der Waals surface area contributed by atoms with Gasteiger partial charge in [-0.3, -0.25) is 4.79 Å². The van der Waals surface area contributed by atoms with Crippen LogP contribution >= 0.6 is 15.9 Å². The molecule has 0 bridgehead atoms. The first-order valence-electron chi connectivity index (χ1n) is 7.69. The molecule has 4 rings (SSSR count). The summed E-state index contributed by atoms with van der Waals surface area (Å²) in [5.41, 5.74) is 0.536. The molecule has 0 atom stereocenters. The van der Waals surface area contributed by atoms with Gasteiger partial charge in [0.05, 0.1) is 10.9 Å². The zero-order chi connectivity index (χ0) is 18.3. The van der Waals surface area contributed by atoms with Crippen LogP contribution in [0.15, 0.2) is 74.3 Å². The Morgan fingerprint density at radius 3 is 2.62 bits per heavy atom. The smallest absolute Gasteiger partial charge is 0.343 e. The fourth-order valence-corrected chi connectivity index (χ4v) is 3.12. The molecule has 0 saturated carbocycles. The third-order valence-electron chi connectivity index (χ3n) is 3.90. The molecular weight excluding hydrogens is 400 g/mol. The zero-order valence-corrected chi connectivity index (χ0v) is 14.8. The molecule has 0 aliphatic rings. The van der Waals surface area contributed by atoms with Crippen LogP contribution in [0.25, 0.3) is 21.9 Å². The van der Waals surface area contributed by atoms with Crippen molar-refractivity contribution in [1.82, 2.24) is 0 Å². The first kappa shape index (κ1) is 16.4. The maximum Gasteiger partial charge on any atom is 0.343 e. The van der Waals surface area contributed by atoms with E-state index >= 15 is 0 Å². The number of benzene rings is 3. The monoisotopic (exact) mass is 410 g/mol. The standard InChI is InChI=1S/C20H11BrO5/c21-12-5-3-4-11(8-12)20(24)25-13-9-15(22)18-17(10-13)26-16-7-2-1-6-14(16)19(18)23/h1-10,22H. The number of phenols is 1. The molecule has 1 N–H and O–H groups in total. The van der Waals surface area contributed by atoms with Gasteiger partial charge in [-0.05, 0) is 30.3 Å². The van der Waals surface area contributed by atoms with Crippen LogP contribution in [0.1, 0.15) is 10.4 Å². The van der Waals surface area contributed by atoms with Gasteiger partial charge < -0.3 is 14.3 Å². The SMILES string of the molecule is O=C(Oc1cc(O)c2c(=O)c3ccccc3oc2c1)c1cccc(Br)c1. The molecule has 128 valence electrons. The van der Waals surface area contributed by atoms with Gasteiger partial charge in [0.25, 0.3) is 0 Å². The molecule has 0 spiro atoms. The van der Waals surface area contributed by atoms with Crippen LogP contribution < -0.4 is 10.2 Å². The maximum atomic E-state index is 12.6. The van der Waals surface area contributed by atoms with Crippen molar-refractivity contribution in [2.75, 3.05) is 0 Å². The predicted octanol–water partition coefficient (Wildman–Crippen LogP) is 4.63. The Balaban J connectivity index is 1.81. The van der Waals surface area contributed by atoms with Crippen LogP contribution in [0.2, 0.25) is 0 Å². The molecule has 0 unspecified atom stereocenters. The summed E-state index contributed by atoms with van der Waals surface area (Å²) in [4.78, 5) is 24.8. The van der Waals surface area contributed by atoms with E-state index in [0.717, 1.165) is 4.47 Å². The topological polar surface area (TPSA) is 76.7 Å². The van der Waals surface area contributed by atoms with E-state index in [-0.39, 0.29) is 27.9 Å². The minimum Gasteiger partial charge on any atom is -0.507 e. The fourth-order valence-electron chi connectivity index (χ4n) is 2.72. The Labute approximate surface area is 155 Å². The third-order valence-corrected chi connectivity index (χ3v) is 4.40. The summed E-state index contributed by atoms with van der Waals surface area (Å²) < 4.78 is 11.8. The van der Waals surface area contributed by atoms with Crippen molar-refractivity contribution in [2.24, 2.45) is 0 Å². The number of para-hydroxylation sites is 1. The lowest BCUT2D eigenvalue weighted by Crippen LogP contribution is -2.09. The molecular formula is C20H11BrO5. The highest BCUT2D eigenvalue weighted by atomic mass is 79.9. The molecule has 3 aromatic carbocycles. The Morgan fingerprint density at radius 1 is 1.00 bits per heavy atom. The van der Waals surface area contributed by atoms with E-state index in [4.69, 9.17) is 9.15 Å². The first-order chi connectivity index (χ1) is 12.5. The highest BCUT2D eigenvalue weighted by Crippen LogP contribution is 2.31. The normalized spacial score (nSPS) is 11.0. The fraction of sp³-hybridized carbons (Fsp3) is 0. The van der Waals surface area contributed by atoms with Gasteiger partial charge in [-0.1, -0.05) is 34.1 Å². The number of rotatable bonds is 2. The zero-order valence-electron chi connectivity index (χ0n) is 13.2. The lowest BCUT2D eigenvalue weighted by atomic mass is 10.1. The molecule has 4 aromatic rings. The van der Waals surface area contributed by atoms with Gasteiger partial charge in [-0.15, -0.1) is 0 Å². The van der Waals surface area contributed by atoms with Gasteiger partial charge in [0.1, 0.15) is 28.1 Å². The van der Waals surface area contributed by atoms with E-state index in [0.29, 0.717) is 16.5 Å². The Morgan fingerprint density at radius 2 is 1.81 bits per heavy atom. The number of esters is 1. The molecule has 0 saturated heterocycles. The van der Waals surface area contributed by atoms with Gasteiger partial charge >= 0.3 is 5.97 Å². The molecule has 0 radical (unpaired) electrons. The Kier molecular flexibility index (Phi) is 3.97. The number of phenolic OH excluding ortho intramolecular Hbond substituents is 1. The van der Waals surface area contributed by atoms with Gasteiger partial charge in [0, 0.05) is 16.6 Å². The average Bonchev–Trinajstić information content (AvgIpc) is 2.61. The molecule has 5 nitrogen and oxygen atoms in total. The van der Waals surface area contributed by atoms with Crippen molar-refractivity contribution < 1.29 is 19.1 Å². The number of hydrogen-bond acceptors (Lipinski definition) is 5. The molecule has 6 heteroatoms. The van der Waals surface area contributed by atoms with Crippen molar-refractivity contribution in [2.45, 2.75) is 0 Å². The number of carbonyl (C=O) groups excluding carboxylic acids is 1. The van der Waals surface area contributed by atoms with Crippen LogP contribution in [-0.4, -0.2) is 11.1 Å². The minimum atomic E-state index is -0.590. The van der Waals surface area contributed by atoms with Crippen molar-refractivity contribution in [3.63, 3.8) is 0 Å². The van der Waals surface area contributed by atoms with Crippen LogP contribution in [0.3, 0.4) is 0 Å². The van der Waals surface area contributed by atoms with Gasteiger partial charge in [0.2, 0.25) is 5.43 Å². The summed E-state index contributed by atoms with van der Waals surface area (Å²) in [5.74, 6) is -0.814. The van der Waals surface area contributed by atoms with E-state index in [1.165, 1.54) is 12.1 Å². The Bertz CT molecular complexity index is 1230. The molecule has 0 amide bonds. The number of ether oxygens (including phenoxy) is 1. The second kappa shape index (κ2) is 6.31. The minimum absolute atomic E-state index is 0.0472. The molecule has 1 aromatic heterocycles. The van der Waals surface area contributed by atoms with Crippen LogP contribution in [-0.2, 0) is 0 Å². The predicted molar refractivity (Wildman–Crippen MR) is 101 cm³/mol. The van der Waals surface area contributed by atoms with Crippen molar-refractivity contribution >= 4 is 43.8 Å². The lowest BCUT2D eigenvalue weighted by molar-refractivity contribution is 0.0734. The van der Waals surface area contributed by atoms with E-state index < -0.39 is 5.97 Å². The number of halogens is 1. The van der Waals surface area contributed by atoms with Crippen LogP contribution in [0.4, 0.5) is 0 Å². The van der Waals surface area contributed by atoms with E-state index in [1.54, 1.807) is 48.5 Å². The molecule has 26 heavy (non-hydrogen) atoms. The molecule has 0 aliphatic carbocycles. The van der Waals surface area contributed by atoms with E-state index in [1.807, 2.05) is 0 Å². The quantitative estimate of drug-likeness (QED) is 0.296. The van der Waals surface area contributed by atoms with Gasteiger partial charge in [-0.2, -0.15) is 0 Å². The first-order valence-corrected chi connectivity index (χ1v) is 8.48. The largest absolute Gasteiger partial charge is 0.507 e. The maximum absolute atomic E-state index is 12.6. The summed E-state index contributed by atoms with van der Waals surface area (Å²) in [5, 5.41) is 10.7. The molecule has 0 aliphatic heterocycles. The highest BCUT2D eigenvalue weighted by molar-refractivity contribution is 9.10.